The van der Waals surface area contributed by atoms with Gasteiger partial charge >= 0.3 is 12.3 Å². The van der Waals surface area contributed by atoms with E-state index < -0.39 is 18.1 Å². The number of esters is 1. The summed E-state index contributed by atoms with van der Waals surface area (Å²) in [5.41, 5.74) is 0.377. The maximum Gasteiger partial charge on any atom is 0.573 e. The maximum absolute atomic E-state index is 12.4. The third-order valence-corrected chi connectivity index (χ3v) is 3.44. The van der Waals surface area contributed by atoms with E-state index in [4.69, 9.17) is 4.74 Å². The van der Waals surface area contributed by atoms with Gasteiger partial charge in [0.25, 0.3) is 0 Å². The first-order valence-corrected chi connectivity index (χ1v) is 7.62. The quantitative estimate of drug-likeness (QED) is 0.377. The van der Waals surface area contributed by atoms with Gasteiger partial charge in [-0.05, 0) is 29.5 Å². The van der Waals surface area contributed by atoms with Gasteiger partial charge in [-0.15, -0.1) is 13.2 Å². The molecule has 0 unspecified atom stereocenters. The summed E-state index contributed by atoms with van der Waals surface area (Å²) >= 11 is 4.79. The first kappa shape index (κ1) is 17.5. The standard InChI is InChI=1S/C11H10BrF3INO3/c1-2-19-9(18)3-6-8(4-12)17-5-7(16)10(6)20-11(13,14)15/h5H,2-4H2,1H3. The van der Waals surface area contributed by atoms with E-state index in [9.17, 15) is 18.0 Å². The van der Waals surface area contributed by atoms with Crippen LogP contribution >= 0.6 is 38.5 Å². The molecule has 0 amide bonds. The molecule has 0 saturated carbocycles. The molecular formula is C11H10BrF3INO3. The van der Waals surface area contributed by atoms with Crippen LogP contribution in [0.4, 0.5) is 13.2 Å². The van der Waals surface area contributed by atoms with Gasteiger partial charge in [-0.2, -0.15) is 0 Å². The molecule has 0 saturated heterocycles. The van der Waals surface area contributed by atoms with Gasteiger partial charge in [-0.25, -0.2) is 0 Å². The third-order valence-electron chi connectivity index (χ3n) is 2.14. The summed E-state index contributed by atoms with van der Waals surface area (Å²) in [5.74, 6) is -1.04. The molecule has 0 N–H and O–H groups in total. The zero-order valence-electron chi connectivity index (χ0n) is 10.3. The summed E-state index contributed by atoms with van der Waals surface area (Å²) in [4.78, 5) is 15.5. The summed E-state index contributed by atoms with van der Waals surface area (Å²) in [6.07, 6.45) is -3.91. The van der Waals surface area contributed by atoms with Crippen LogP contribution in [0.1, 0.15) is 18.2 Å². The van der Waals surface area contributed by atoms with Crippen molar-refractivity contribution in [1.29, 1.82) is 0 Å². The Morgan fingerprint density at radius 2 is 2.15 bits per heavy atom. The summed E-state index contributed by atoms with van der Waals surface area (Å²) in [5, 5.41) is 0.201. The van der Waals surface area contributed by atoms with Gasteiger partial charge in [-0.1, -0.05) is 15.9 Å². The Bertz CT molecular complexity index is 497. The number of pyridine rings is 1. The molecule has 1 aromatic heterocycles. The zero-order chi connectivity index (χ0) is 15.3. The summed E-state index contributed by atoms with van der Waals surface area (Å²) in [7, 11) is 0. The number of halogens is 5. The highest BCUT2D eigenvalue weighted by Crippen LogP contribution is 2.33. The second-order valence-electron chi connectivity index (χ2n) is 3.52. The Morgan fingerprint density at radius 1 is 1.50 bits per heavy atom. The zero-order valence-corrected chi connectivity index (χ0v) is 14.0. The van der Waals surface area contributed by atoms with E-state index >= 15 is 0 Å². The van der Waals surface area contributed by atoms with Crippen LogP contribution in [0.25, 0.3) is 0 Å². The average Bonchev–Trinajstić information content (AvgIpc) is 2.33. The molecule has 0 fully saturated rings. The van der Waals surface area contributed by atoms with Crippen LogP contribution in [0.3, 0.4) is 0 Å². The minimum absolute atomic E-state index is 0.0737. The largest absolute Gasteiger partial charge is 0.573 e. The Morgan fingerprint density at radius 3 is 2.65 bits per heavy atom. The third kappa shape index (κ3) is 5.08. The lowest BCUT2D eigenvalue weighted by Gasteiger charge is -2.16. The highest BCUT2D eigenvalue weighted by molar-refractivity contribution is 14.1. The second kappa shape index (κ2) is 7.43. The Balaban J connectivity index is 3.21. The monoisotopic (exact) mass is 467 g/mol. The van der Waals surface area contributed by atoms with Gasteiger partial charge < -0.3 is 9.47 Å². The van der Waals surface area contributed by atoms with Crippen LogP contribution in [-0.4, -0.2) is 23.9 Å². The van der Waals surface area contributed by atoms with Crippen molar-refractivity contribution in [2.24, 2.45) is 0 Å². The van der Waals surface area contributed by atoms with Crippen molar-refractivity contribution in [2.75, 3.05) is 6.61 Å². The molecule has 0 aromatic carbocycles. The number of ether oxygens (including phenoxy) is 2. The van der Waals surface area contributed by atoms with E-state index in [0.29, 0.717) is 5.69 Å². The molecule has 0 aliphatic rings. The molecule has 0 bridgehead atoms. The number of hydrogen-bond acceptors (Lipinski definition) is 4. The predicted molar refractivity (Wildman–Crippen MR) is 76.6 cm³/mol. The smallest absolute Gasteiger partial charge is 0.466 e. The SMILES string of the molecule is CCOC(=O)Cc1c(CBr)ncc(I)c1OC(F)(F)F. The highest BCUT2D eigenvalue weighted by Gasteiger charge is 2.34. The van der Waals surface area contributed by atoms with Gasteiger partial charge in [0.1, 0.15) is 5.75 Å². The molecular weight excluding hydrogens is 458 g/mol. The fraction of sp³-hybridized carbons (Fsp3) is 0.455. The lowest BCUT2D eigenvalue weighted by atomic mass is 10.1. The van der Waals surface area contributed by atoms with Gasteiger partial charge in [0.05, 0.1) is 22.3 Å². The number of aromatic nitrogens is 1. The molecule has 112 valence electrons. The van der Waals surface area contributed by atoms with Crippen LogP contribution in [0.15, 0.2) is 6.20 Å². The molecule has 0 radical (unpaired) electrons. The van der Waals surface area contributed by atoms with Crippen LogP contribution in [0, 0.1) is 3.57 Å². The minimum atomic E-state index is -4.84. The molecule has 1 aromatic rings. The summed E-state index contributed by atoms with van der Waals surface area (Å²) in [6, 6.07) is 0. The molecule has 20 heavy (non-hydrogen) atoms. The van der Waals surface area contributed by atoms with Gasteiger partial charge in [0.15, 0.2) is 0 Å². The van der Waals surface area contributed by atoms with Crippen molar-refractivity contribution in [3.63, 3.8) is 0 Å². The number of alkyl halides is 4. The summed E-state index contributed by atoms with van der Waals surface area (Å²) in [6.45, 7) is 1.76. The van der Waals surface area contributed by atoms with Crippen molar-refractivity contribution in [3.05, 3.63) is 21.0 Å². The molecule has 0 aliphatic carbocycles. The van der Waals surface area contributed by atoms with Crippen LogP contribution in [0.2, 0.25) is 0 Å². The Kier molecular flexibility index (Phi) is 6.49. The molecule has 1 heterocycles. The van der Waals surface area contributed by atoms with Crippen molar-refractivity contribution in [1.82, 2.24) is 4.98 Å². The number of rotatable bonds is 5. The fourth-order valence-electron chi connectivity index (χ4n) is 1.43. The normalized spacial score (nSPS) is 11.3. The van der Waals surface area contributed by atoms with Gasteiger partial charge in [-0.3, -0.25) is 9.78 Å². The Hall–Kier alpha value is -0.580. The van der Waals surface area contributed by atoms with E-state index in [2.05, 4.69) is 25.7 Å². The number of hydrogen-bond donors (Lipinski definition) is 0. The van der Waals surface area contributed by atoms with E-state index in [1.807, 2.05) is 0 Å². The molecule has 0 spiro atoms. The Labute approximate surface area is 135 Å². The number of nitrogens with zero attached hydrogens (tertiary/aromatic N) is 1. The molecule has 1 rings (SSSR count). The molecule has 0 atom stereocenters. The maximum atomic E-state index is 12.4. The summed E-state index contributed by atoms with van der Waals surface area (Å²) < 4.78 is 46.3. The van der Waals surface area contributed by atoms with Gasteiger partial charge in [0.2, 0.25) is 0 Å². The minimum Gasteiger partial charge on any atom is -0.466 e. The first-order chi connectivity index (χ1) is 9.28. The van der Waals surface area contributed by atoms with E-state index in [-0.39, 0.29) is 27.5 Å². The van der Waals surface area contributed by atoms with E-state index in [1.54, 1.807) is 29.5 Å². The molecule has 0 aliphatic heterocycles. The first-order valence-electron chi connectivity index (χ1n) is 5.42. The molecule has 4 nitrogen and oxygen atoms in total. The average molecular weight is 468 g/mol. The lowest BCUT2D eigenvalue weighted by molar-refractivity contribution is -0.275. The number of carbonyl (C=O) groups excluding carboxylic acids is 1. The van der Waals surface area contributed by atoms with Gasteiger partial charge in [0, 0.05) is 17.1 Å². The molecule has 9 heteroatoms. The van der Waals surface area contributed by atoms with E-state index in [1.165, 1.54) is 6.20 Å². The van der Waals surface area contributed by atoms with Crippen LogP contribution < -0.4 is 4.74 Å². The van der Waals surface area contributed by atoms with E-state index in [0.717, 1.165) is 0 Å². The highest BCUT2D eigenvalue weighted by atomic mass is 127. The second-order valence-corrected chi connectivity index (χ2v) is 5.25. The fourth-order valence-corrected chi connectivity index (χ4v) is 2.48. The van der Waals surface area contributed by atoms with Crippen LogP contribution in [0.5, 0.6) is 5.75 Å². The van der Waals surface area contributed by atoms with Crippen molar-refractivity contribution < 1.29 is 27.4 Å². The van der Waals surface area contributed by atoms with Crippen molar-refractivity contribution in [3.8, 4) is 5.75 Å². The predicted octanol–water partition coefficient (Wildman–Crippen LogP) is 3.59. The van der Waals surface area contributed by atoms with Crippen molar-refractivity contribution in [2.45, 2.75) is 25.0 Å². The topological polar surface area (TPSA) is 48.4 Å². The lowest BCUT2D eigenvalue weighted by Crippen LogP contribution is -2.21. The number of carbonyl (C=O) groups is 1. The van der Waals surface area contributed by atoms with Crippen molar-refractivity contribution >= 4 is 44.5 Å². The van der Waals surface area contributed by atoms with Crippen LogP contribution in [-0.2, 0) is 21.3 Å².